The average Bonchev–Trinajstić information content (AvgIpc) is 2.65. The van der Waals surface area contributed by atoms with E-state index in [4.69, 9.17) is 59.2 Å². The number of halogens is 3. The van der Waals surface area contributed by atoms with E-state index in [-0.39, 0.29) is 18.4 Å². The molecule has 0 aromatic heterocycles. The number of nitrogens with one attached hydrogen (secondary N) is 1. The summed E-state index contributed by atoms with van der Waals surface area (Å²) < 4.78 is 19.6. The van der Waals surface area contributed by atoms with E-state index < -0.39 is 40.1 Å². The Balaban J connectivity index is 2.17. The SMILES string of the molecule is CC(=O)O[C@H]1[C@H](C)[C@@H](C)[C@@H](OC(=N)C(Cl)(Cl)Cl)O[C@@H]1C(=O)OCc1ccccc1. The predicted molar refractivity (Wildman–Crippen MR) is 108 cm³/mol. The second kappa shape index (κ2) is 9.98. The molecule has 1 aromatic carbocycles. The summed E-state index contributed by atoms with van der Waals surface area (Å²) in [6.07, 6.45) is -3.23. The third kappa shape index (κ3) is 6.47. The fourth-order valence-electron chi connectivity index (χ4n) is 2.85. The van der Waals surface area contributed by atoms with Gasteiger partial charge in [-0.05, 0) is 5.56 Å². The summed E-state index contributed by atoms with van der Waals surface area (Å²) in [5, 5.41) is 7.76. The van der Waals surface area contributed by atoms with Gasteiger partial charge < -0.3 is 18.9 Å². The molecule has 1 aliphatic heterocycles. The number of carbonyl (C=O) groups excluding carboxylic acids is 2. The first-order valence-corrected chi connectivity index (χ1v) is 9.99. The molecule has 0 bridgehead atoms. The molecule has 0 spiro atoms. The molecule has 1 fully saturated rings. The lowest BCUT2D eigenvalue weighted by Gasteiger charge is -2.42. The zero-order chi connectivity index (χ0) is 21.8. The van der Waals surface area contributed by atoms with Crippen LogP contribution in [0.25, 0.3) is 0 Å². The van der Waals surface area contributed by atoms with E-state index in [1.807, 2.05) is 18.2 Å². The van der Waals surface area contributed by atoms with E-state index in [0.29, 0.717) is 0 Å². The number of esters is 2. The van der Waals surface area contributed by atoms with E-state index in [1.54, 1.807) is 26.0 Å². The van der Waals surface area contributed by atoms with Crippen LogP contribution < -0.4 is 0 Å². The third-order valence-corrected chi connectivity index (χ3v) is 5.12. The molecule has 29 heavy (non-hydrogen) atoms. The topological polar surface area (TPSA) is 94.9 Å². The molecule has 1 heterocycles. The molecule has 10 heteroatoms. The molecular formula is C19H22Cl3NO6. The van der Waals surface area contributed by atoms with Gasteiger partial charge in [-0.3, -0.25) is 10.2 Å². The number of hydrogen-bond donors (Lipinski definition) is 1. The fourth-order valence-corrected chi connectivity index (χ4v) is 2.98. The van der Waals surface area contributed by atoms with E-state index in [1.165, 1.54) is 6.92 Å². The van der Waals surface area contributed by atoms with E-state index in [2.05, 4.69) is 0 Å². The molecule has 0 radical (unpaired) electrons. The predicted octanol–water partition coefficient (Wildman–Crippen LogP) is 4.02. The fraction of sp³-hybridized carbons (Fsp3) is 0.526. The summed E-state index contributed by atoms with van der Waals surface area (Å²) in [6.45, 7) is 4.78. The Morgan fingerprint density at radius 2 is 1.72 bits per heavy atom. The van der Waals surface area contributed by atoms with Gasteiger partial charge >= 0.3 is 11.9 Å². The van der Waals surface area contributed by atoms with Crippen molar-refractivity contribution in [1.82, 2.24) is 0 Å². The van der Waals surface area contributed by atoms with Gasteiger partial charge in [0.25, 0.3) is 3.79 Å². The molecule has 1 aromatic rings. The van der Waals surface area contributed by atoms with Crippen molar-refractivity contribution in [2.24, 2.45) is 11.8 Å². The zero-order valence-corrected chi connectivity index (χ0v) is 18.3. The molecule has 1 saturated heterocycles. The number of benzene rings is 1. The standard InChI is InChI=1S/C19H22Cl3NO6/c1-10-11(2)17(29-18(23)19(20,21)22)28-15(14(10)27-12(3)24)16(25)26-9-13-7-5-4-6-8-13/h4-8,10-11,14-15,17,23H,9H2,1-3H3/t10-,11-,14+,15+,17-/m1/s1. The van der Waals surface area contributed by atoms with E-state index >= 15 is 0 Å². The van der Waals surface area contributed by atoms with Gasteiger partial charge in [-0.2, -0.15) is 0 Å². The first-order valence-electron chi connectivity index (χ1n) is 8.86. The van der Waals surface area contributed by atoms with Crippen molar-refractivity contribution in [3.8, 4) is 0 Å². The summed E-state index contributed by atoms with van der Waals surface area (Å²) in [5.74, 6) is -2.69. The second-order valence-corrected chi connectivity index (χ2v) is 9.04. The summed E-state index contributed by atoms with van der Waals surface area (Å²) >= 11 is 17.0. The zero-order valence-electron chi connectivity index (χ0n) is 16.1. The van der Waals surface area contributed by atoms with Crippen LogP contribution in [0.4, 0.5) is 0 Å². The molecule has 5 atom stereocenters. The lowest BCUT2D eigenvalue weighted by molar-refractivity contribution is -0.248. The largest absolute Gasteiger partial charge is 0.459 e. The summed E-state index contributed by atoms with van der Waals surface area (Å²) in [4.78, 5) is 24.3. The Kier molecular flexibility index (Phi) is 8.17. The van der Waals surface area contributed by atoms with Crippen LogP contribution in [-0.4, -0.2) is 40.1 Å². The number of hydrogen-bond acceptors (Lipinski definition) is 7. The highest BCUT2D eigenvalue weighted by Gasteiger charge is 2.49. The van der Waals surface area contributed by atoms with Gasteiger partial charge in [0.15, 0.2) is 6.10 Å². The molecule has 0 saturated carbocycles. The van der Waals surface area contributed by atoms with Crippen molar-refractivity contribution in [2.45, 2.75) is 49.7 Å². The quantitative estimate of drug-likeness (QED) is 0.305. The molecule has 0 aliphatic carbocycles. The van der Waals surface area contributed by atoms with Gasteiger partial charge in [0.1, 0.15) is 12.7 Å². The molecule has 7 nitrogen and oxygen atoms in total. The van der Waals surface area contributed by atoms with Crippen LogP contribution in [0.15, 0.2) is 30.3 Å². The third-order valence-electron chi connectivity index (χ3n) is 4.61. The molecule has 160 valence electrons. The van der Waals surface area contributed by atoms with Crippen LogP contribution in [0.1, 0.15) is 26.3 Å². The number of rotatable bonds is 5. The van der Waals surface area contributed by atoms with Gasteiger partial charge in [-0.25, -0.2) is 4.79 Å². The molecule has 2 rings (SSSR count). The van der Waals surface area contributed by atoms with Gasteiger partial charge in [-0.1, -0.05) is 79.0 Å². The number of carbonyl (C=O) groups is 2. The van der Waals surface area contributed by atoms with Crippen molar-refractivity contribution in [3.05, 3.63) is 35.9 Å². The highest BCUT2D eigenvalue weighted by atomic mass is 35.6. The Morgan fingerprint density at radius 1 is 1.10 bits per heavy atom. The average molecular weight is 467 g/mol. The Bertz CT molecular complexity index is 739. The van der Waals surface area contributed by atoms with Gasteiger partial charge in [0, 0.05) is 18.8 Å². The molecule has 1 aliphatic rings. The maximum absolute atomic E-state index is 12.7. The summed E-state index contributed by atoms with van der Waals surface area (Å²) in [7, 11) is 0. The Morgan fingerprint density at radius 3 is 2.28 bits per heavy atom. The smallest absolute Gasteiger partial charge is 0.339 e. The van der Waals surface area contributed by atoms with Gasteiger partial charge in [-0.15, -0.1) is 0 Å². The van der Waals surface area contributed by atoms with Crippen molar-refractivity contribution in [1.29, 1.82) is 5.41 Å². The first-order chi connectivity index (χ1) is 13.5. The minimum Gasteiger partial charge on any atom is -0.459 e. The summed E-state index contributed by atoms with van der Waals surface area (Å²) in [6, 6.07) is 9.09. The maximum Gasteiger partial charge on any atom is 0.339 e. The normalized spacial score (nSPS) is 27.0. The number of alkyl halides is 3. The molecule has 1 N–H and O–H groups in total. The van der Waals surface area contributed by atoms with Crippen LogP contribution in [0.3, 0.4) is 0 Å². The lowest BCUT2D eigenvalue weighted by Crippen LogP contribution is -2.55. The minimum atomic E-state index is -2.08. The monoisotopic (exact) mass is 465 g/mol. The molecule has 0 unspecified atom stereocenters. The van der Waals surface area contributed by atoms with Crippen molar-refractivity contribution < 1.29 is 28.5 Å². The van der Waals surface area contributed by atoms with Crippen molar-refractivity contribution in [2.75, 3.05) is 0 Å². The Labute approximate surface area is 184 Å². The minimum absolute atomic E-state index is 0.0196. The van der Waals surface area contributed by atoms with Crippen molar-refractivity contribution >= 4 is 52.6 Å². The van der Waals surface area contributed by atoms with E-state index in [9.17, 15) is 9.59 Å². The van der Waals surface area contributed by atoms with E-state index in [0.717, 1.165) is 5.56 Å². The van der Waals surface area contributed by atoms with Crippen molar-refractivity contribution in [3.63, 3.8) is 0 Å². The van der Waals surface area contributed by atoms with Crippen LogP contribution >= 0.6 is 34.8 Å². The van der Waals surface area contributed by atoms with Crippen LogP contribution in [0.5, 0.6) is 0 Å². The van der Waals surface area contributed by atoms with Gasteiger partial charge in [0.05, 0.1) is 0 Å². The first kappa shape index (κ1) is 23.7. The molecular weight excluding hydrogens is 445 g/mol. The highest BCUT2D eigenvalue weighted by molar-refractivity contribution is 6.76. The highest BCUT2D eigenvalue weighted by Crippen LogP contribution is 2.36. The Hall–Kier alpha value is -1.54. The van der Waals surface area contributed by atoms with Crippen LogP contribution in [-0.2, 0) is 35.1 Å². The number of ether oxygens (including phenoxy) is 4. The van der Waals surface area contributed by atoms with Crippen LogP contribution in [0.2, 0.25) is 0 Å². The maximum atomic E-state index is 12.7. The van der Waals surface area contributed by atoms with Gasteiger partial charge in [0.2, 0.25) is 12.2 Å². The van der Waals surface area contributed by atoms with Crippen LogP contribution in [0, 0.1) is 17.2 Å². The summed E-state index contributed by atoms with van der Waals surface area (Å²) in [5.41, 5.74) is 0.785. The molecule has 0 amide bonds. The lowest BCUT2D eigenvalue weighted by atomic mass is 9.84. The second-order valence-electron chi connectivity index (χ2n) is 6.76.